The Kier molecular flexibility index (Phi) is 11.0. The molecule has 1 aliphatic rings. The van der Waals surface area contributed by atoms with Gasteiger partial charge < -0.3 is 25.3 Å². The van der Waals surface area contributed by atoms with E-state index in [1.165, 1.54) is 12.8 Å². The van der Waals surface area contributed by atoms with E-state index in [1.54, 1.807) is 7.05 Å². The van der Waals surface area contributed by atoms with Gasteiger partial charge in [0.1, 0.15) is 11.4 Å². The fraction of sp³-hybridized carbons (Fsp3) is 0.810. The maximum Gasteiger partial charge on any atom is 0.408 e. The quantitative estimate of drug-likeness (QED) is 0.274. The summed E-state index contributed by atoms with van der Waals surface area (Å²) in [4.78, 5) is 16.6. The number of aromatic nitrogens is 3. The van der Waals surface area contributed by atoms with Gasteiger partial charge in [0.2, 0.25) is 0 Å². The van der Waals surface area contributed by atoms with Gasteiger partial charge in [0.05, 0.1) is 12.1 Å². The summed E-state index contributed by atoms with van der Waals surface area (Å²) < 4.78 is 7.67. The molecule has 31 heavy (non-hydrogen) atoms. The van der Waals surface area contributed by atoms with E-state index < -0.39 is 17.2 Å². The molecule has 0 bridgehead atoms. The average Bonchev–Trinajstić information content (AvgIpc) is 2.92. The molecule has 3 N–H and O–H groups in total. The smallest absolute Gasteiger partial charge is 0.408 e. The second-order valence-corrected chi connectivity index (χ2v) is 8.89. The molecule has 1 aromatic rings. The van der Waals surface area contributed by atoms with Crippen molar-refractivity contribution in [2.45, 2.75) is 97.4 Å². The van der Waals surface area contributed by atoms with Crippen LogP contribution < -0.4 is 16.0 Å². The number of carbonyl (C=O) groups is 1. The van der Waals surface area contributed by atoms with Gasteiger partial charge in [-0.15, -0.1) is 34.2 Å². The fourth-order valence-electron chi connectivity index (χ4n) is 3.55. The summed E-state index contributed by atoms with van der Waals surface area (Å²) >= 11 is 0. The number of amides is 1. The van der Waals surface area contributed by atoms with Crippen LogP contribution in [-0.4, -0.2) is 51.5 Å². The van der Waals surface area contributed by atoms with Crippen LogP contribution in [0.3, 0.4) is 0 Å². The van der Waals surface area contributed by atoms with E-state index in [4.69, 9.17) is 4.74 Å². The van der Waals surface area contributed by atoms with Crippen molar-refractivity contribution in [1.82, 2.24) is 30.7 Å². The van der Waals surface area contributed by atoms with Gasteiger partial charge in [0.15, 0.2) is 11.8 Å². The highest BCUT2D eigenvalue weighted by molar-refractivity contribution is 14.0. The monoisotopic (exact) mass is 549 g/mol. The molecule has 1 aliphatic heterocycles. The molecular weight excluding hydrogens is 509 g/mol. The minimum Gasteiger partial charge on any atom is -0.444 e. The number of guanidine groups is 1. The minimum absolute atomic E-state index is 0. The SMILES string of the molecule is CCC(CC)(CNC(=NC)NCc1nnc2n1CCCCC2)NC(=O)OC(C)(C)C.I. The zero-order valence-electron chi connectivity index (χ0n) is 19.9. The van der Waals surface area contributed by atoms with Gasteiger partial charge in [-0.1, -0.05) is 20.3 Å². The molecule has 0 saturated heterocycles. The number of fused-ring (bicyclic) bond motifs is 1. The lowest BCUT2D eigenvalue weighted by molar-refractivity contribution is 0.0448. The Morgan fingerprint density at radius 2 is 1.84 bits per heavy atom. The van der Waals surface area contributed by atoms with E-state index in [9.17, 15) is 4.79 Å². The molecule has 10 heteroatoms. The summed E-state index contributed by atoms with van der Waals surface area (Å²) in [6, 6.07) is 0. The average molecular weight is 550 g/mol. The molecular formula is C21H40IN7O2. The van der Waals surface area contributed by atoms with E-state index in [-0.39, 0.29) is 24.0 Å². The lowest BCUT2D eigenvalue weighted by Crippen LogP contribution is -2.57. The molecule has 0 unspecified atom stereocenters. The molecule has 0 aliphatic carbocycles. The Morgan fingerprint density at radius 1 is 1.13 bits per heavy atom. The van der Waals surface area contributed by atoms with Gasteiger partial charge in [-0.3, -0.25) is 4.99 Å². The van der Waals surface area contributed by atoms with Gasteiger partial charge in [-0.05, 0) is 46.5 Å². The second kappa shape index (κ2) is 12.4. The molecule has 0 atom stereocenters. The first-order chi connectivity index (χ1) is 14.2. The Labute approximate surface area is 203 Å². The molecule has 0 saturated carbocycles. The number of hydrogen-bond donors (Lipinski definition) is 3. The van der Waals surface area contributed by atoms with Crippen LogP contribution in [0.1, 0.15) is 78.4 Å². The van der Waals surface area contributed by atoms with Crippen molar-refractivity contribution in [2.24, 2.45) is 4.99 Å². The summed E-state index contributed by atoms with van der Waals surface area (Å²) in [6.45, 7) is 11.8. The molecule has 1 aromatic heterocycles. The third-order valence-corrected chi connectivity index (χ3v) is 5.54. The van der Waals surface area contributed by atoms with Crippen LogP contribution in [0, 0.1) is 0 Å². The molecule has 9 nitrogen and oxygen atoms in total. The number of nitrogens with zero attached hydrogens (tertiary/aromatic N) is 4. The maximum atomic E-state index is 12.3. The molecule has 0 fully saturated rings. The number of halogens is 1. The summed E-state index contributed by atoms with van der Waals surface area (Å²) in [5, 5.41) is 18.4. The Bertz CT molecular complexity index is 724. The Morgan fingerprint density at radius 3 is 2.45 bits per heavy atom. The lowest BCUT2D eigenvalue weighted by atomic mass is 9.93. The zero-order valence-corrected chi connectivity index (χ0v) is 22.2. The third kappa shape index (κ3) is 8.46. The lowest BCUT2D eigenvalue weighted by Gasteiger charge is -2.34. The summed E-state index contributed by atoms with van der Waals surface area (Å²) in [6.07, 6.45) is 5.70. The van der Waals surface area contributed by atoms with Crippen molar-refractivity contribution in [3.8, 4) is 0 Å². The highest BCUT2D eigenvalue weighted by atomic mass is 127. The van der Waals surface area contributed by atoms with Crippen LogP contribution in [0.4, 0.5) is 4.79 Å². The van der Waals surface area contributed by atoms with E-state index in [0.29, 0.717) is 19.0 Å². The largest absolute Gasteiger partial charge is 0.444 e. The molecule has 2 rings (SSSR count). The first kappa shape index (κ1) is 27.4. The van der Waals surface area contributed by atoms with Crippen LogP contribution in [0.5, 0.6) is 0 Å². The van der Waals surface area contributed by atoms with Crippen molar-refractivity contribution in [2.75, 3.05) is 13.6 Å². The van der Waals surface area contributed by atoms with Crippen molar-refractivity contribution in [1.29, 1.82) is 0 Å². The van der Waals surface area contributed by atoms with E-state index in [2.05, 4.69) is 49.6 Å². The fourth-order valence-corrected chi connectivity index (χ4v) is 3.55. The van der Waals surface area contributed by atoms with Crippen LogP contribution >= 0.6 is 24.0 Å². The van der Waals surface area contributed by atoms with Crippen LogP contribution in [0.15, 0.2) is 4.99 Å². The molecule has 0 aromatic carbocycles. The van der Waals surface area contributed by atoms with Crippen LogP contribution in [0.2, 0.25) is 0 Å². The minimum atomic E-state index is -0.529. The van der Waals surface area contributed by atoms with Gasteiger partial charge in [0, 0.05) is 26.6 Å². The molecule has 0 radical (unpaired) electrons. The number of alkyl carbamates (subject to hydrolysis) is 1. The number of aliphatic imine (C=N–C) groups is 1. The van der Waals surface area contributed by atoms with Crippen molar-refractivity contribution in [3.05, 3.63) is 11.6 Å². The summed E-state index contributed by atoms with van der Waals surface area (Å²) in [5.41, 5.74) is -0.954. The third-order valence-electron chi connectivity index (χ3n) is 5.54. The normalized spacial score (nSPS) is 14.7. The maximum absolute atomic E-state index is 12.3. The Balaban J connectivity index is 0.00000480. The second-order valence-electron chi connectivity index (χ2n) is 8.89. The number of ether oxygens (including phenoxy) is 1. The van der Waals surface area contributed by atoms with E-state index in [0.717, 1.165) is 43.9 Å². The molecule has 2 heterocycles. The molecule has 1 amide bonds. The molecule has 178 valence electrons. The van der Waals surface area contributed by atoms with Crippen LogP contribution in [-0.2, 0) is 24.2 Å². The molecule has 0 spiro atoms. The van der Waals surface area contributed by atoms with Gasteiger partial charge in [0.25, 0.3) is 0 Å². The Hall–Kier alpha value is -1.59. The number of rotatable bonds is 7. The van der Waals surface area contributed by atoms with Gasteiger partial charge >= 0.3 is 6.09 Å². The van der Waals surface area contributed by atoms with Crippen molar-refractivity contribution >= 4 is 36.0 Å². The predicted molar refractivity (Wildman–Crippen MR) is 134 cm³/mol. The van der Waals surface area contributed by atoms with Crippen LogP contribution in [0.25, 0.3) is 0 Å². The summed E-state index contributed by atoms with van der Waals surface area (Å²) in [7, 11) is 1.74. The van der Waals surface area contributed by atoms with Crippen molar-refractivity contribution in [3.63, 3.8) is 0 Å². The standard InChI is InChI=1S/C21H39N7O2.HI/c1-7-21(8-2,25-19(29)30-20(3,4)5)15-24-18(22-6)23-14-17-27-26-16-12-10-9-11-13-28(16)17;/h7-15H2,1-6H3,(H,25,29)(H2,22,23,24);1H. The number of aryl methyl sites for hydroxylation is 1. The number of nitrogens with one attached hydrogen (secondary N) is 3. The highest BCUT2D eigenvalue weighted by Gasteiger charge is 2.30. The first-order valence-corrected chi connectivity index (χ1v) is 11.1. The predicted octanol–water partition coefficient (Wildman–Crippen LogP) is 3.37. The first-order valence-electron chi connectivity index (χ1n) is 11.1. The van der Waals surface area contributed by atoms with Crippen molar-refractivity contribution < 1.29 is 9.53 Å². The van der Waals surface area contributed by atoms with Gasteiger partial charge in [-0.25, -0.2) is 4.79 Å². The topological polar surface area (TPSA) is 105 Å². The zero-order chi connectivity index (χ0) is 22.2. The van der Waals surface area contributed by atoms with E-state index in [1.807, 2.05) is 20.8 Å². The number of hydrogen-bond acceptors (Lipinski definition) is 5. The number of carbonyl (C=O) groups excluding carboxylic acids is 1. The van der Waals surface area contributed by atoms with Gasteiger partial charge in [-0.2, -0.15) is 0 Å². The summed E-state index contributed by atoms with van der Waals surface area (Å²) in [5.74, 6) is 2.67. The highest BCUT2D eigenvalue weighted by Crippen LogP contribution is 2.17. The van der Waals surface area contributed by atoms with E-state index >= 15 is 0 Å².